The highest BCUT2D eigenvalue weighted by atomic mass is 16.2. The molecule has 3 saturated heterocycles. The average Bonchev–Trinajstić information content (AvgIpc) is 3.04. The summed E-state index contributed by atoms with van der Waals surface area (Å²) in [5, 5.41) is 3.03. The number of rotatable bonds is 5. The predicted molar refractivity (Wildman–Crippen MR) is 119 cm³/mol. The molecule has 168 valence electrons. The van der Waals surface area contributed by atoms with Crippen LogP contribution in [0.5, 0.6) is 0 Å². The zero-order valence-electron chi connectivity index (χ0n) is 18.7. The maximum Gasteiger partial charge on any atom is 0.325 e. The van der Waals surface area contributed by atoms with Crippen molar-refractivity contribution in [3.8, 4) is 0 Å². The fraction of sp³-hybridized carbons (Fsp3) is 0.625. The SMILES string of the molecule is CCCN1CCC2(CC1)NC(=O)N(C1CCN(C(=O)[C@H](C)c3ccccc3)CC1)C2=O. The van der Waals surface area contributed by atoms with Crippen LogP contribution in [-0.2, 0) is 9.59 Å². The lowest BCUT2D eigenvalue weighted by Crippen LogP contribution is -2.55. The van der Waals surface area contributed by atoms with Gasteiger partial charge in [-0.3, -0.25) is 14.5 Å². The van der Waals surface area contributed by atoms with Gasteiger partial charge in [-0.25, -0.2) is 4.79 Å². The molecule has 1 N–H and O–H groups in total. The monoisotopic (exact) mass is 426 g/mol. The molecule has 4 amide bonds. The van der Waals surface area contributed by atoms with Crippen molar-refractivity contribution in [2.24, 2.45) is 0 Å². The molecule has 3 aliphatic rings. The smallest absolute Gasteiger partial charge is 0.325 e. The van der Waals surface area contributed by atoms with Gasteiger partial charge in [-0.05, 0) is 51.1 Å². The first-order valence-electron chi connectivity index (χ1n) is 11.7. The first-order valence-corrected chi connectivity index (χ1v) is 11.7. The van der Waals surface area contributed by atoms with Gasteiger partial charge in [0.25, 0.3) is 5.91 Å². The molecule has 0 aliphatic carbocycles. The number of urea groups is 1. The highest BCUT2D eigenvalue weighted by Gasteiger charge is 2.54. The van der Waals surface area contributed by atoms with E-state index in [-0.39, 0.29) is 29.8 Å². The van der Waals surface area contributed by atoms with Gasteiger partial charge in [0, 0.05) is 32.2 Å². The van der Waals surface area contributed by atoms with E-state index in [1.165, 1.54) is 4.90 Å². The van der Waals surface area contributed by atoms with Crippen LogP contribution in [0.1, 0.15) is 57.4 Å². The number of carbonyl (C=O) groups excluding carboxylic acids is 3. The van der Waals surface area contributed by atoms with Gasteiger partial charge in [-0.2, -0.15) is 0 Å². The van der Waals surface area contributed by atoms with Crippen molar-refractivity contribution in [3.05, 3.63) is 35.9 Å². The van der Waals surface area contributed by atoms with Gasteiger partial charge >= 0.3 is 6.03 Å². The molecule has 0 radical (unpaired) electrons. The number of amides is 4. The average molecular weight is 427 g/mol. The van der Waals surface area contributed by atoms with Gasteiger partial charge in [-0.15, -0.1) is 0 Å². The fourth-order valence-electron chi connectivity index (χ4n) is 5.29. The van der Waals surface area contributed by atoms with E-state index in [0.29, 0.717) is 38.8 Å². The Morgan fingerprint density at radius 2 is 1.74 bits per heavy atom. The molecule has 3 fully saturated rings. The molecule has 1 aromatic carbocycles. The van der Waals surface area contributed by atoms with Gasteiger partial charge in [0.1, 0.15) is 5.54 Å². The molecule has 4 rings (SSSR count). The van der Waals surface area contributed by atoms with E-state index in [0.717, 1.165) is 31.6 Å². The van der Waals surface area contributed by atoms with Crippen molar-refractivity contribution in [2.75, 3.05) is 32.7 Å². The topological polar surface area (TPSA) is 73.0 Å². The van der Waals surface area contributed by atoms with E-state index in [2.05, 4.69) is 17.1 Å². The van der Waals surface area contributed by atoms with Crippen LogP contribution in [-0.4, -0.2) is 76.8 Å². The summed E-state index contributed by atoms with van der Waals surface area (Å²) < 4.78 is 0. The molecule has 7 nitrogen and oxygen atoms in total. The van der Waals surface area contributed by atoms with Crippen LogP contribution in [0.25, 0.3) is 0 Å². The van der Waals surface area contributed by atoms with Gasteiger partial charge in [-0.1, -0.05) is 37.3 Å². The van der Waals surface area contributed by atoms with E-state index in [4.69, 9.17) is 0 Å². The quantitative estimate of drug-likeness (QED) is 0.735. The summed E-state index contributed by atoms with van der Waals surface area (Å²) in [6, 6.07) is 9.43. The molecule has 1 spiro atoms. The summed E-state index contributed by atoms with van der Waals surface area (Å²) in [5.41, 5.74) is 0.288. The highest BCUT2D eigenvalue weighted by molar-refractivity contribution is 6.07. The van der Waals surface area contributed by atoms with E-state index >= 15 is 0 Å². The van der Waals surface area contributed by atoms with Crippen molar-refractivity contribution in [1.29, 1.82) is 0 Å². The molecule has 1 atom stereocenters. The Balaban J connectivity index is 1.35. The molecule has 0 aromatic heterocycles. The van der Waals surface area contributed by atoms with Crippen molar-refractivity contribution >= 4 is 17.8 Å². The molecular weight excluding hydrogens is 392 g/mol. The molecule has 3 aliphatic heterocycles. The summed E-state index contributed by atoms with van der Waals surface area (Å²) in [6.45, 7) is 7.98. The van der Waals surface area contributed by atoms with Crippen molar-refractivity contribution in [3.63, 3.8) is 0 Å². The van der Waals surface area contributed by atoms with Crippen LogP contribution in [0.2, 0.25) is 0 Å². The number of benzene rings is 1. The Labute approximate surface area is 184 Å². The number of hydrogen-bond donors (Lipinski definition) is 1. The number of nitrogens with zero attached hydrogens (tertiary/aromatic N) is 3. The Morgan fingerprint density at radius 3 is 2.35 bits per heavy atom. The van der Waals surface area contributed by atoms with E-state index < -0.39 is 5.54 Å². The zero-order chi connectivity index (χ0) is 22.0. The first kappa shape index (κ1) is 21.8. The second-order valence-corrected chi connectivity index (χ2v) is 9.22. The molecule has 1 aromatic rings. The second kappa shape index (κ2) is 8.99. The van der Waals surface area contributed by atoms with Gasteiger partial charge < -0.3 is 15.1 Å². The predicted octanol–water partition coefficient (Wildman–Crippen LogP) is 2.58. The number of carbonyl (C=O) groups is 3. The van der Waals surface area contributed by atoms with Gasteiger partial charge in [0.2, 0.25) is 5.91 Å². The Kier molecular flexibility index (Phi) is 6.32. The molecule has 0 bridgehead atoms. The highest BCUT2D eigenvalue weighted by Crippen LogP contribution is 2.33. The molecular formula is C24H34N4O3. The molecule has 7 heteroatoms. The van der Waals surface area contributed by atoms with Crippen LogP contribution in [0.4, 0.5) is 4.79 Å². The molecule has 0 saturated carbocycles. The molecule has 0 unspecified atom stereocenters. The second-order valence-electron chi connectivity index (χ2n) is 9.22. The minimum absolute atomic E-state index is 0.0592. The Hall–Kier alpha value is -2.41. The van der Waals surface area contributed by atoms with Crippen LogP contribution in [0, 0.1) is 0 Å². The maximum absolute atomic E-state index is 13.3. The third kappa shape index (κ3) is 4.20. The Morgan fingerprint density at radius 1 is 1.10 bits per heavy atom. The summed E-state index contributed by atoms with van der Waals surface area (Å²) in [7, 11) is 0. The van der Waals surface area contributed by atoms with Crippen LogP contribution >= 0.6 is 0 Å². The summed E-state index contributed by atoms with van der Waals surface area (Å²) >= 11 is 0. The molecule has 3 heterocycles. The number of piperidine rings is 2. The fourth-order valence-corrected chi connectivity index (χ4v) is 5.29. The number of hydrogen-bond acceptors (Lipinski definition) is 4. The van der Waals surface area contributed by atoms with Crippen molar-refractivity contribution in [2.45, 2.75) is 63.5 Å². The van der Waals surface area contributed by atoms with Crippen molar-refractivity contribution in [1.82, 2.24) is 20.0 Å². The number of likely N-dealkylation sites (tertiary alicyclic amines) is 2. The third-order valence-electron chi connectivity index (χ3n) is 7.25. The van der Waals surface area contributed by atoms with E-state index in [9.17, 15) is 14.4 Å². The summed E-state index contributed by atoms with van der Waals surface area (Å²) in [5.74, 6) is -0.135. The minimum Gasteiger partial charge on any atom is -0.342 e. The summed E-state index contributed by atoms with van der Waals surface area (Å²) in [6.07, 6.45) is 3.74. The molecule has 31 heavy (non-hydrogen) atoms. The maximum atomic E-state index is 13.3. The van der Waals surface area contributed by atoms with E-state index in [1.807, 2.05) is 42.2 Å². The minimum atomic E-state index is -0.726. The van der Waals surface area contributed by atoms with Crippen LogP contribution in [0.15, 0.2) is 30.3 Å². The normalized spacial score (nSPS) is 23.3. The third-order valence-corrected chi connectivity index (χ3v) is 7.25. The van der Waals surface area contributed by atoms with Gasteiger partial charge in [0.05, 0.1) is 5.92 Å². The van der Waals surface area contributed by atoms with Gasteiger partial charge in [0.15, 0.2) is 0 Å². The van der Waals surface area contributed by atoms with Crippen molar-refractivity contribution < 1.29 is 14.4 Å². The van der Waals surface area contributed by atoms with E-state index in [1.54, 1.807) is 0 Å². The summed E-state index contributed by atoms with van der Waals surface area (Å²) in [4.78, 5) is 44.7. The lowest BCUT2D eigenvalue weighted by molar-refractivity contribution is -0.137. The largest absolute Gasteiger partial charge is 0.342 e. The number of nitrogens with one attached hydrogen (secondary N) is 1. The first-order chi connectivity index (χ1) is 14.9. The van der Waals surface area contributed by atoms with Crippen LogP contribution in [0.3, 0.4) is 0 Å². The standard InChI is InChI=1S/C24H34N4O3/c1-3-13-26-16-11-24(12-17-26)22(30)28(23(31)25-24)20-9-14-27(15-10-20)21(29)18(2)19-7-5-4-6-8-19/h4-8,18,20H,3,9-17H2,1-2H3,(H,25,31)/t18-/m1/s1. The van der Waals surface area contributed by atoms with Crippen LogP contribution < -0.4 is 5.32 Å². The lowest BCUT2D eigenvalue weighted by Gasteiger charge is -2.39. The Bertz CT molecular complexity index is 811. The number of imide groups is 1. The lowest BCUT2D eigenvalue weighted by atomic mass is 9.87. The zero-order valence-corrected chi connectivity index (χ0v) is 18.7.